The van der Waals surface area contributed by atoms with E-state index >= 15 is 0 Å². The molecule has 2 heteroatoms. The number of fused-ring (bicyclic) bond motifs is 1. The minimum absolute atomic E-state index is 0.385. The van der Waals surface area contributed by atoms with Crippen LogP contribution in [0.2, 0.25) is 0 Å². The fourth-order valence-electron chi connectivity index (χ4n) is 1.88. The molecule has 0 atom stereocenters. The molecule has 92 valence electrons. The summed E-state index contributed by atoms with van der Waals surface area (Å²) < 4.78 is 0. The van der Waals surface area contributed by atoms with Gasteiger partial charge >= 0.3 is 0 Å². The Morgan fingerprint density at radius 2 is 2.06 bits per heavy atom. The van der Waals surface area contributed by atoms with E-state index in [0.29, 0.717) is 5.41 Å². The summed E-state index contributed by atoms with van der Waals surface area (Å²) in [5.74, 6) is 0. The molecule has 1 aromatic carbocycles. The Morgan fingerprint density at radius 1 is 1.24 bits per heavy atom. The van der Waals surface area contributed by atoms with Crippen LogP contribution in [0, 0.1) is 5.41 Å². The lowest BCUT2D eigenvalue weighted by atomic mass is 9.90. The van der Waals surface area contributed by atoms with Crippen LogP contribution in [0.5, 0.6) is 0 Å². The van der Waals surface area contributed by atoms with Gasteiger partial charge in [0.1, 0.15) is 0 Å². The Kier molecular flexibility index (Phi) is 3.53. The third-order valence-electron chi connectivity index (χ3n) is 3.51. The normalized spacial score (nSPS) is 12.2. The molecule has 2 rings (SSSR count). The smallest absolute Gasteiger partial charge is 0.0457 e. The molecule has 0 bridgehead atoms. The zero-order valence-electron chi connectivity index (χ0n) is 11.0. The first-order valence-corrected chi connectivity index (χ1v) is 6.37. The summed E-state index contributed by atoms with van der Waals surface area (Å²) in [7, 11) is 0. The predicted molar refractivity (Wildman–Crippen MR) is 74.1 cm³/mol. The number of aromatic nitrogens is 1. The van der Waals surface area contributed by atoms with Gasteiger partial charge in [-0.25, -0.2) is 0 Å². The predicted octanol–water partition coefficient (Wildman–Crippen LogP) is 3.69. The molecule has 0 saturated heterocycles. The molecule has 0 aliphatic heterocycles. The maximum Gasteiger partial charge on any atom is 0.0457 e. The molecule has 0 aliphatic carbocycles. The van der Waals surface area contributed by atoms with E-state index in [0.717, 1.165) is 13.1 Å². The fraction of sp³-hybridized carbons (Fsp3) is 0.467. The van der Waals surface area contributed by atoms with E-state index in [-0.39, 0.29) is 0 Å². The van der Waals surface area contributed by atoms with Crippen LogP contribution in [0.25, 0.3) is 10.9 Å². The SMILES string of the molecule is CCC(C)(C)CNCc1ccc2cc[nH]c2c1. The lowest BCUT2D eigenvalue weighted by Crippen LogP contribution is -2.28. The molecule has 0 amide bonds. The fourth-order valence-corrected chi connectivity index (χ4v) is 1.88. The highest BCUT2D eigenvalue weighted by Crippen LogP contribution is 2.18. The summed E-state index contributed by atoms with van der Waals surface area (Å²) in [6, 6.07) is 8.70. The molecule has 2 aromatic rings. The zero-order chi connectivity index (χ0) is 12.3. The molecule has 17 heavy (non-hydrogen) atoms. The van der Waals surface area contributed by atoms with E-state index in [1.54, 1.807) is 0 Å². The Labute approximate surface area is 103 Å². The lowest BCUT2D eigenvalue weighted by Gasteiger charge is -2.23. The van der Waals surface area contributed by atoms with Crippen molar-refractivity contribution in [1.82, 2.24) is 10.3 Å². The molecular formula is C15H22N2. The van der Waals surface area contributed by atoms with Gasteiger partial charge in [-0.1, -0.05) is 32.9 Å². The van der Waals surface area contributed by atoms with Crippen molar-refractivity contribution in [3.63, 3.8) is 0 Å². The Morgan fingerprint density at radius 3 is 2.82 bits per heavy atom. The van der Waals surface area contributed by atoms with Crippen molar-refractivity contribution in [2.75, 3.05) is 6.54 Å². The van der Waals surface area contributed by atoms with Crippen LogP contribution in [-0.4, -0.2) is 11.5 Å². The van der Waals surface area contributed by atoms with Gasteiger partial charge in [0.25, 0.3) is 0 Å². The van der Waals surface area contributed by atoms with E-state index < -0.39 is 0 Å². The summed E-state index contributed by atoms with van der Waals surface area (Å²) in [5, 5.41) is 4.82. The van der Waals surface area contributed by atoms with Crippen molar-refractivity contribution < 1.29 is 0 Å². The zero-order valence-corrected chi connectivity index (χ0v) is 11.0. The molecule has 0 aliphatic rings. The lowest BCUT2D eigenvalue weighted by molar-refractivity contribution is 0.328. The van der Waals surface area contributed by atoms with Crippen LogP contribution >= 0.6 is 0 Å². The summed E-state index contributed by atoms with van der Waals surface area (Å²) in [6.45, 7) is 8.85. The molecular weight excluding hydrogens is 208 g/mol. The maximum absolute atomic E-state index is 3.54. The van der Waals surface area contributed by atoms with Crippen molar-refractivity contribution in [3.8, 4) is 0 Å². The number of hydrogen-bond donors (Lipinski definition) is 2. The maximum atomic E-state index is 3.54. The number of rotatable bonds is 5. The number of aromatic amines is 1. The summed E-state index contributed by atoms with van der Waals surface area (Å²) in [4.78, 5) is 3.25. The average Bonchev–Trinajstić information content (AvgIpc) is 2.76. The monoisotopic (exact) mass is 230 g/mol. The first kappa shape index (κ1) is 12.2. The Bertz CT molecular complexity index is 482. The van der Waals surface area contributed by atoms with Crippen LogP contribution in [0.15, 0.2) is 30.5 Å². The van der Waals surface area contributed by atoms with Crippen LogP contribution in [0.1, 0.15) is 32.8 Å². The van der Waals surface area contributed by atoms with Gasteiger partial charge in [0.15, 0.2) is 0 Å². The summed E-state index contributed by atoms with van der Waals surface area (Å²) in [5.41, 5.74) is 2.95. The van der Waals surface area contributed by atoms with Gasteiger partial charge in [-0.2, -0.15) is 0 Å². The van der Waals surface area contributed by atoms with Crippen molar-refractivity contribution in [2.24, 2.45) is 5.41 Å². The largest absolute Gasteiger partial charge is 0.361 e. The molecule has 0 saturated carbocycles. The highest BCUT2D eigenvalue weighted by atomic mass is 14.9. The quantitative estimate of drug-likeness (QED) is 0.805. The molecule has 0 unspecified atom stereocenters. The topological polar surface area (TPSA) is 27.8 Å². The van der Waals surface area contributed by atoms with Gasteiger partial charge < -0.3 is 10.3 Å². The first-order chi connectivity index (χ1) is 8.11. The van der Waals surface area contributed by atoms with E-state index in [1.807, 2.05) is 6.20 Å². The minimum Gasteiger partial charge on any atom is -0.361 e. The molecule has 2 nitrogen and oxygen atoms in total. The van der Waals surface area contributed by atoms with Gasteiger partial charge in [0.05, 0.1) is 0 Å². The first-order valence-electron chi connectivity index (χ1n) is 6.37. The van der Waals surface area contributed by atoms with Crippen LogP contribution < -0.4 is 5.32 Å². The van der Waals surface area contributed by atoms with E-state index in [1.165, 1.54) is 22.9 Å². The van der Waals surface area contributed by atoms with Gasteiger partial charge in [-0.3, -0.25) is 0 Å². The minimum atomic E-state index is 0.385. The Balaban J connectivity index is 1.95. The number of hydrogen-bond acceptors (Lipinski definition) is 1. The van der Waals surface area contributed by atoms with Gasteiger partial charge in [-0.15, -0.1) is 0 Å². The molecule has 0 radical (unpaired) electrons. The third kappa shape index (κ3) is 3.10. The molecule has 0 fully saturated rings. The standard InChI is InChI=1S/C15H22N2/c1-4-15(2,3)11-16-10-12-5-6-13-7-8-17-14(13)9-12/h5-9,16-17H,4,10-11H2,1-3H3. The molecule has 1 aromatic heterocycles. The van der Waals surface area contributed by atoms with Gasteiger partial charge in [0, 0.05) is 24.8 Å². The molecule has 0 spiro atoms. The summed E-state index contributed by atoms with van der Waals surface area (Å²) >= 11 is 0. The van der Waals surface area contributed by atoms with Gasteiger partial charge in [-0.05, 0) is 34.9 Å². The second-order valence-corrected chi connectivity index (χ2v) is 5.52. The van der Waals surface area contributed by atoms with Crippen molar-refractivity contribution >= 4 is 10.9 Å². The summed E-state index contributed by atoms with van der Waals surface area (Å²) in [6.07, 6.45) is 3.19. The second kappa shape index (κ2) is 4.92. The Hall–Kier alpha value is -1.28. The van der Waals surface area contributed by atoms with E-state index in [2.05, 4.69) is 55.3 Å². The van der Waals surface area contributed by atoms with Gasteiger partial charge in [0.2, 0.25) is 0 Å². The van der Waals surface area contributed by atoms with Crippen LogP contribution in [-0.2, 0) is 6.54 Å². The highest BCUT2D eigenvalue weighted by molar-refractivity contribution is 5.79. The average molecular weight is 230 g/mol. The third-order valence-corrected chi connectivity index (χ3v) is 3.51. The number of H-pyrrole nitrogens is 1. The van der Waals surface area contributed by atoms with Crippen molar-refractivity contribution in [3.05, 3.63) is 36.0 Å². The second-order valence-electron chi connectivity index (χ2n) is 5.52. The molecule has 1 heterocycles. The van der Waals surface area contributed by atoms with Crippen molar-refractivity contribution in [1.29, 1.82) is 0 Å². The van der Waals surface area contributed by atoms with E-state index in [4.69, 9.17) is 0 Å². The number of benzene rings is 1. The van der Waals surface area contributed by atoms with E-state index in [9.17, 15) is 0 Å². The number of nitrogens with one attached hydrogen (secondary N) is 2. The van der Waals surface area contributed by atoms with Crippen molar-refractivity contribution in [2.45, 2.75) is 33.7 Å². The van der Waals surface area contributed by atoms with Crippen LogP contribution in [0.3, 0.4) is 0 Å². The highest BCUT2D eigenvalue weighted by Gasteiger charge is 2.13. The molecule has 2 N–H and O–H groups in total. The van der Waals surface area contributed by atoms with Crippen LogP contribution in [0.4, 0.5) is 0 Å².